The van der Waals surface area contributed by atoms with E-state index in [1.54, 1.807) is 0 Å². The van der Waals surface area contributed by atoms with E-state index in [0.29, 0.717) is 6.61 Å². The molecular formula is C18H26N2O2. The summed E-state index contributed by atoms with van der Waals surface area (Å²) in [7, 11) is 0. The van der Waals surface area contributed by atoms with Crippen LogP contribution in [0.3, 0.4) is 0 Å². The third-order valence-corrected chi connectivity index (χ3v) is 5.25. The van der Waals surface area contributed by atoms with Gasteiger partial charge in [0.15, 0.2) is 0 Å². The second-order valence-electron chi connectivity index (χ2n) is 6.96. The van der Waals surface area contributed by atoms with Crippen molar-refractivity contribution in [2.45, 2.75) is 25.5 Å². The van der Waals surface area contributed by atoms with Crippen molar-refractivity contribution in [3.63, 3.8) is 0 Å². The Morgan fingerprint density at radius 1 is 1.14 bits per heavy atom. The van der Waals surface area contributed by atoms with Gasteiger partial charge in [0.1, 0.15) is 12.4 Å². The Morgan fingerprint density at radius 2 is 1.91 bits per heavy atom. The van der Waals surface area contributed by atoms with Crippen LogP contribution in [-0.2, 0) is 11.3 Å². The van der Waals surface area contributed by atoms with Gasteiger partial charge in [-0.1, -0.05) is 12.1 Å². The van der Waals surface area contributed by atoms with Crippen LogP contribution >= 0.6 is 0 Å². The third kappa shape index (κ3) is 3.29. The number of rotatable bonds is 5. The van der Waals surface area contributed by atoms with Gasteiger partial charge < -0.3 is 14.8 Å². The molecule has 0 amide bonds. The number of hydrogen-bond acceptors (Lipinski definition) is 4. The van der Waals surface area contributed by atoms with Crippen LogP contribution in [-0.4, -0.2) is 50.4 Å². The molecule has 3 fully saturated rings. The van der Waals surface area contributed by atoms with Crippen LogP contribution < -0.4 is 10.1 Å². The van der Waals surface area contributed by atoms with Gasteiger partial charge in [0.25, 0.3) is 0 Å². The van der Waals surface area contributed by atoms with E-state index < -0.39 is 0 Å². The highest BCUT2D eigenvalue weighted by atomic mass is 16.5. The Balaban J connectivity index is 1.26. The van der Waals surface area contributed by atoms with E-state index in [4.69, 9.17) is 9.47 Å². The van der Waals surface area contributed by atoms with E-state index in [2.05, 4.69) is 34.5 Å². The lowest BCUT2D eigenvalue weighted by atomic mass is 10.0. The molecule has 4 nitrogen and oxygen atoms in total. The summed E-state index contributed by atoms with van der Waals surface area (Å²) in [5, 5.41) is 3.50. The maximum atomic E-state index is 5.83. The third-order valence-electron chi connectivity index (χ3n) is 5.25. The highest BCUT2D eigenvalue weighted by Crippen LogP contribution is 2.27. The van der Waals surface area contributed by atoms with Crippen LogP contribution in [0.5, 0.6) is 5.75 Å². The summed E-state index contributed by atoms with van der Waals surface area (Å²) in [6.45, 7) is 7.54. The summed E-state index contributed by atoms with van der Waals surface area (Å²) < 4.78 is 11.4. The molecule has 3 aliphatic heterocycles. The predicted octanol–water partition coefficient (Wildman–Crippen LogP) is 1.90. The van der Waals surface area contributed by atoms with Gasteiger partial charge in [-0.05, 0) is 55.5 Å². The second kappa shape index (κ2) is 6.57. The van der Waals surface area contributed by atoms with Gasteiger partial charge in [-0.3, -0.25) is 4.90 Å². The topological polar surface area (TPSA) is 33.7 Å². The van der Waals surface area contributed by atoms with E-state index in [0.717, 1.165) is 37.2 Å². The summed E-state index contributed by atoms with van der Waals surface area (Å²) in [4.78, 5) is 2.60. The van der Waals surface area contributed by atoms with E-state index in [9.17, 15) is 0 Å². The van der Waals surface area contributed by atoms with Crippen molar-refractivity contribution in [1.82, 2.24) is 10.2 Å². The molecule has 1 aromatic carbocycles. The van der Waals surface area contributed by atoms with Gasteiger partial charge >= 0.3 is 0 Å². The zero-order valence-corrected chi connectivity index (χ0v) is 13.2. The number of fused-ring (bicyclic) bond motifs is 1. The zero-order chi connectivity index (χ0) is 14.8. The summed E-state index contributed by atoms with van der Waals surface area (Å²) in [5.74, 6) is 2.70. The van der Waals surface area contributed by atoms with E-state index in [1.165, 1.54) is 38.2 Å². The smallest absolute Gasteiger partial charge is 0.119 e. The molecule has 0 bridgehead atoms. The van der Waals surface area contributed by atoms with Crippen LogP contribution in [0, 0.1) is 11.8 Å². The van der Waals surface area contributed by atoms with Crippen molar-refractivity contribution in [2.75, 3.05) is 39.4 Å². The average molecular weight is 302 g/mol. The fourth-order valence-corrected chi connectivity index (χ4v) is 4.00. The maximum Gasteiger partial charge on any atom is 0.119 e. The van der Waals surface area contributed by atoms with Crippen LogP contribution in [0.4, 0.5) is 0 Å². The minimum absolute atomic E-state index is 0.289. The van der Waals surface area contributed by atoms with Gasteiger partial charge in [-0.25, -0.2) is 0 Å². The number of hydrogen-bond donors (Lipinski definition) is 1. The predicted molar refractivity (Wildman–Crippen MR) is 86.0 cm³/mol. The van der Waals surface area contributed by atoms with Crippen LogP contribution in [0.2, 0.25) is 0 Å². The van der Waals surface area contributed by atoms with Gasteiger partial charge in [0.2, 0.25) is 0 Å². The maximum absolute atomic E-state index is 5.83. The van der Waals surface area contributed by atoms with Crippen molar-refractivity contribution >= 4 is 0 Å². The highest BCUT2D eigenvalue weighted by molar-refractivity contribution is 5.27. The number of benzene rings is 1. The average Bonchev–Trinajstić information content (AvgIpc) is 3.23. The molecule has 3 saturated heterocycles. The van der Waals surface area contributed by atoms with Crippen molar-refractivity contribution in [2.24, 2.45) is 11.8 Å². The molecule has 3 heterocycles. The Morgan fingerprint density at radius 3 is 2.59 bits per heavy atom. The van der Waals surface area contributed by atoms with Crippen molar-refractivity contribution in [3.8, 4) is 5.75 Å². The highest BCUT2D eigenvalue weighted by Gasteiger charge is 2.35. The molecule has 120 valence electrons. The molecule has 1 aromatic rings. The molecule has 1 unspecified atom stereocenters. The lowest BCUT2D eigenvalue weighted by Crippen LogP contribution is -2.25. The summed E-state index contributed by atoms with van der Waals surface area (Å²) >= 11 is 0. The van der Waals surface area contributed by atoms with Crippen LogP contribution in [0.15, 0.2) is 24.3 Å². The van der Waals surface area contributed by atoms with Gasteiger partial charge in [-0.2, -0.15) is 0 Å². The molecular weight excluding hydrogens is 276 g/mol. The lowest BCUT2D eigenvalue weighted by Gasteiger charge is -2.17. The second-order valence-corrected chi connectivity index (χ2v) is 6.96. The number of likely N-dealkylation sites (tertiary alicyclic amines) is 1. The standard InChI is InChI=1S/C18H26N2O2/c1-2-18(21-7-1)13-22-17-5-3-14(4-6-17)10-20-11-15-8-19-9-16(15)12-20/h3-6,15-16,18-19H,1-2,7-13H2/t15-,16+,18?. The van der Waals surface area contributed by atoms with Crippen LogP contribution in [0.25, 0.3) is 0 Å². The molecule has 0 aliphatic carbocycles. The number of ether oxygens (including phenoxy) is 2. The molecule has 3 atom stereocenters. The fraction of sp³-hybridized carbons (Fsp3) is 0.667. The first kappa shape index (κ1) is 14.5. The van der Waals surface area contributed by atoms with Gasteiger partial charge in [0.05, 0.1) is 6.10 Å². The summed E-state index contributed by atoms with van der Waals surface area (Å²) in [6, 6.07) is 8.61. The molecule has 0 saturated carbocycles. The lowest BCUT2D eigenvalue weighted by molar-refractivity contribution is 0.0679. The molecule has 0 spiro atoms. The first-order valence-corrected chi connectivity index (χ1v) is 8.63. The van der Waals surface area contributed by atoms with Gasteiger partial charge in [-0.15, -0.1) is 0 Å². The fourth-order valence-electron chi connectivity index (χ4n) is 4.00. The van der Waals surface area contributed by atoms with E-state index in [1.807, 2.05) is 0 Å². The SMILES string of the molecule is c1cc(OCC2CCCO2)ccc1CN1C[C@H]2CNC[C@H]2C1. The monoisotopic (exact) mass is 302 g/mol. The Hall–Kier alpha value is -1.10. The summed E-state index contributed by atoms with van der Waals surface area (Å²) in [5.41, 5.74) is 1.39. The van der Waals surface area contributed by atoms with E-state index in [-0.39, 0.29) is 6.10 Å². The van der Waals surface area contributed by atoms with Crippen molar-refractivity contribution < 1.29 is 9.47 Å². The molecule has 1 N–H and O–H groups in total. The quantitative estimate of drug-likeness (QED) is 0.901. The number of nitrogens with one attached hydrogen (secondary N) is 1. The molecule has 22 heavy (non-hydrogen) atoms. The molecule has 4 rings (SSSR count). The Labute approximate surface area is 132 Å². The Kier molecular flexibility index (Phi) is 4.33. The number of nitrogens with zero attached hydrogens (tertiary/aromatic N) is 1. The normalized spacial score (nSPS) is 31.5. The molecule has 3 aliphatic rings. The largest absolute Gasteiger partial charge is 0.491 e. The van der Waals surface area contributed by atoms with E-state index >= 15 is 0 Å². The van der Waals surface area contributed by atoms with Crippen molar-refractivity contribution in [1.29, 1.82) is 0 Å². The van der Waals surface area contributed by atoms with Gasteiger partial charge in [0, 0.05) is 26.2 Å². The first-order valence-electron chi connectivity index (χ1n) is 8.63. The minimum Gasteiger partial charge on any atom is -0.491 e. The molecule has 4 heteroatoms. The first-order chi connectivity index (χ1) is 10.9. The van der Waals surface area contributed by atoms with Crippen molar-refractivity contribution in [3.05, 3.63) is 29.8 Å². The van der Waals surface area contributed by atoms with Crippen LogP contribution in [0.1, 0.15) is 18.4 Å². The molecule has 0 aromatic heterocycles. The zero-order valence-electron chi connectivity index (χ0n) is 13.2. The molecule has 0 radical (unpaired) electrons. The summed E-state index contributed by atoms with van der Waals surface area (Å²) in [6.07, 6.45) is 2.59. The minimum atomic E-state index is 0.289. The Bertz CT molecular complexity index is 472.